The summed E-state index contributed by atoms with van der Waals surface area (Å²) in [5, 5.41) is 0. The van der Waals surface area contributed by atoms with Gasteiger partial charge in [0, 0.05) is 29.6 Å². The minimum atomic E-state index is -0.345. The van der Waals surface area contributed by atoms with E-state index in [1.54, 1.807) is 0 Å². The Bertz CT molecular complexity index is 504. The smallest absolute Gasteiger partial charge is 0.255 e. The Labute approximate surface area is 121 Å². The van der Waals surface area contributed by atoms with Crippen molar-refractivity contribution in [1.82, 2.24) is 9.80 Å². The number of rotatable bonds is 1. The molecule has 0 N–H and O–H groups in total. The van der Waals surface area contributed by atoms with Crippen LogP contribution in [-0.4, -0.2) is 47.9 Å². The molecule has 5 heteroatoms. The molecule has 1 aromatic rings. The van der Waals surface area contributed by atoms with E-state index in [-0.39, 0.29) is 17.3 Å². The summed E-state index contributed by atoms with van der Waals surface area (Å²) >= 11 is 3.26. The second kappa shape index (κ2) is 5.21. The molecule has 1 aromatic carbocycles. The number of likely N-dealkylation sites (N-methyl/N-ethyl adjacent to an activating group) is 1. The van der Waals surface area contributed by atoms with Crippen molar-refractivity contribution in [3.05, 3.63) is 34.1 Å². The molecule has 0 aromatic heterocycles. The van der Waals surface area contributed by atoms with Crippen molar-refractivity contribution in [2.75, 3.05) is 26.7 Å². The van der Waals surface area contributed by atoms with Crippen molar-refractivity contribution in [2.45, 2.75) is 19.4 Å². The molecule has 0 aliphatic carbocycles. The predicted molar refractivity (Wildman–Crippen MR) is 76.7 cm³/mol. The van der Waals surface area contributed by atoms with Crippen LogP contribution in [0.15, 0.2) is 22.7 Å². The van der Waals surface area contributed by atoms with Crippen molar-refractivity contribution in [3.8, 4) is 0 Å². The Morgan fingerprint density at radius 1 is 1.37 bits per heavy atom. The largest absolute Gasteiger partial charge is 0.335 e. The van der Waals surface area contributed by atoms with Crippen LogP contribution in [0, 0.1) is 5.82 Å². The summed E-state index contributed by atoms with van der Waals surface area (Å²) in [6, 6.07) is 4.18. The van der Waals surface area contributed by atoms with Gasteiger partial charge in [-0.3, -0.25) is 9.69 Å². The summed E-state index contributed by atoms with van der Waals surface area (Å²) in [4.78, 5) is 16.6. The molecule has 1 heterocycles. The van der Waals surface area contributed by atoms with Gasteiger partial charge in [-0.25, -0.2) is 4.39 Å². The molecule has 1 aliphatic heterocycles. The Morgan fingerprint density at radius 3 is 2.63 bits per heavy atom. The lowest BCUT2D eigenvalue weighted by Crippen LogP contribution is -2.58. The molecule has 104 valence electrons. The van der Waals surface area contributed by atoms with Gasteiger partial charge in [-0.2, -0.15) is 0 Å². The van der Waals surface area contributed by atoms with E-state index in [0.717, 1.165) is 6.54 Å². The minimum absolute atomic E-state index is 0.0413. The molecule has 1 amide bonds. The average Bonchev–Trinajstić information content (AvgIpc) is 2.32. The fourth-order valence-electron chi connectivity index (χ4n) is 2.25. The van der Waals surface area contributed by atoms with Gasteiger partial charge >= 0.3 is 0 Å². The molecule has 0 radical (unpaired) electrons. The van der Waals surface area contributed by atoms with Crippen molar-refractivity contribution in [2.24, 2.45) is 0 Å². The van der Waals surface area contributed by atoms with Gasteiger partial charge < -0.3 is 4.90 Å². The zero-order valence-corrected chi connectivity index (χ0v) is 13.0. The van der Waals surface area contributed by atoms with Crippen LogP contribution in [-0.2, 0) is 0 Å². The molecule has 1 fully saturated rings. The van der Waals surface area contributed by atoms with E-state index in [2.05, 4.69) is 41.7 Å². The number of hydrogen-bond acceptors (Lipinski definition) is 2. The average molecular weight is 329 g/mol. The summed E-state index contributed by atoms with van der Waals surface area (Å²) in [7, 11) is 2.07. The minimum Gasteiger partial charge on any atom is -0.335 e. The lowest BCUT2D eigenvalue weighted by atomic mass is 9.99. The molecule has 0 spiro atoms. The van der Waals surface area contributed by atoms with Gasteiger partial charge in [0.15, 0.2) is 0 Å². The summed E-state index contributed by atoms with van der Waals surface area (Å²) in [5.41, 5.74) is 0.474. The van der Waals surface area contributed by atoms with E-state index >= 15 is 0 Å². The number of hydrogen-bond donors (Lipinski definition) is 0. The topological polar surface area (TPSA) is 23.6 Å². The first-order valence-electron chi connectivity index (χ1n) is 6.27. The van der Waals surface area contributed by atoms with Crippen LogP contribution in [0.2, 0.25) is 0 Å². The fraction of sp³-hybridized carbons (Fsp3) is 0.500. The van der Waals surface area contributed by atoms with Crippen LogP contribution in [0.5, 0.6) is 0 Å². The second-order valence-corrected chi connectivity index (χ2v) is 6.44. The van der Waals surface area contributed by atoms with E-state index in [4.69, 9.17) is 0 Å². The van der Waals surface area contributed by atoms with Crippen molar-refractivity contribution < 1.29 is 9.18 Å². The number of nitrogens with zero attached hydrogens (tertiary/aromatic N) is 2. The number of carbonyl (C=O) groups is 1. The third-order valence-corrected chi connectivity index (χ3v) is 4.42. The third-order valence-electron chi connectivity index (χ3n) is 3.77. The lowest BCUT2D eigenvalue weighted by Gasteiger charge is -2.45. The monoisotopic (exact) mass is 328 g/mol. The number of amides is 1. The summed E-state index contributed by atoms with van der Waals surface area (Å²) < 4.78 is 13.6. The normalized spacial score (nSPS) is 19.5. The summed E-state index contributed by atoms with van der Waals surface area (Å²) in [6.45, 7) is 6.45. The van der Waals surface area contributed by atoms with Gasteiger partial charge in [-0.05, 0) is 55.0 Å². The highest BCUT2D eigenvalue weighted by molar-refractivity contribution is 9.10. The maximum Gasteiger partial charge on any atom is 0.255 e. The summed E-state index contributed by atoms with van der Waals surface area (Å²) in [5.74, 6) is -0.393. The number of halogens is 2. The molecule has 3 nitrogen and oxygen atoms in total. The molecular weight excluding hydrogens is 311 g/mol. The first-order valence-corrected chi connectivity index (χ1v) is 7.06. The van der Waals surface area contributed by atoms with Gasteiger partial charge in [0.25, 0.3) is 5.91 Å². The number of benzene rings is 1. The van der Waals surface area contributed by atoms with Crippen molar-refractivity contribution >= 4 is 21.8 Å². The Balaban J connectivity index is 2.21. The first kappa shape index (κ1) is 14.5. The van der Waals surface area contributed by atoms with Gasteiger partial charge in [-0.1, -0.05) is 0 Å². The van der Waals surface area contributed by atoms with Crippen molar-refractivity contribution in [3.63, 3.8) is 0 Å². The van der Waals surface area contributed by atoms with Crippen LogP contribution < -0.4 is 0 Å². The van der Waals surface area contributed by atoms with Crippen LogP contribution in [0.4, 0.5) is 4.39 Å². The van der Waals surface area contributed by atoms with Gasteiger partial charge in [0.2, 0.25) is 0 Å². The van der Waals surface area contributed by atoms with E-state index in [1.165, 1.54) is 18.2 Å². The van der Waals surface area contributed by atoms with Gasteiger partial charge in [0.1, 0.15) is 5.82 Å². The molecule has 0 unspecified atom stereocenters. The second-order valence-electron chi connectivity index (χ2n) is 5.58. The van der Waals surface area contributed by atoms with E-state index < -0.39 is 0 Å². The van der Waals surface area contributed by atoms with Crippen LogP contribution in [0.3, 0.4) is 0 Å². The number of carbonyl (C=O) groups excluding carboxylic acids is 1. The highest BCUT2D eigenvalue weighted by Gasteiger charge is 2.33. The fourth-order valence-corrected chi connectivity index (χ4v) is 2.77. The SMILES string of the molecule is CN1CCN(C(=O)c2ccc(F)cc2Br)CC1(C)C. The van der Waals surface area contributed by atoms with Crippen molar-refractivity contribution in [1.29, 1.82) is 0 Å². The maximum atomic E-state index is 13.1. The van der Waals surface area contributed by atoms with Crippen LogP contribution in [0.1, 0.15) is 24.2 Å². The van der Waals surface area contributed by atoms with E-state index in [9.17, 15) is 9.18 Å². The van der Waals surface area contributed by atoms with Gasteiger partial charge in [-0.15, -0.1) is 0 Å². The van der Waals surface area contributed by atoms with Crippen LogP contribution in [0.25, 0.3) is 0 Å². The zero-order chi connectivity index (χ0) is 14.2. The Morgan fingerprint density at radius 2 is 2.05 bits per heavy atom. The Kier molecular flexibility index (Phi) is 3.97. The molecule has 2 rings (SSSR count). The zero-order valence-electron chi connectivity index (χ0n) is 11.4. The molecule has 1 aliphatic rings. The molecule has 0 atom stereocenters. The highest BCUT2D eigenvalue weighted by atomic mass is 79.9. The molecule has 0 saturated carbocycles. The van der Waals surface area contributed by atoms with Crippen LogP contribution >= 0.6 is 15.9 Å². The number of piperazine rings is 1. The highest BCUT2D eigenvalue weighted by Crippen LogP contribution is 2.24. The lowest BCUT2D eigenvalue weighted by molar-refractivity contribution is 0.0310. The predicted octanol–water partition coefficient (Wildman–Crippen LogP) is 2.75. The van der Waals surface area contributed by atoms with E-state index in [0.29, 0.717) is 23.1 Å². The molecule has 0 bridgehead atoms. The molecule has 1 saturated heterocycles. The molecular formula is C14H18BrFN2O. The summed E-state index contributed by atoms with van der Waals surface area (Å²) in [6.07, 6.45) is 0. The Hall–Kier alpha value is -0.940. The van der Waals surface area contributed by atoms with Gasteiger partial charge in [0.05, 0.1) is 5.56 Å². The molecule has 19 heavy (non-hydrogen) atoms. The first-order chi connectivity index (χ1) is 8.81. The standard InChI is InChI=1S/C14H18BrFN2O/c1-14(2)9-18(7-6-17(14)3)13(19)11-5-4-10(16)8-12(11)15/h4-5,8H,6-7,9H2,1-3H3. The quantitative estimate of drug-likeness (QED) is 0.791. The third kappa shape index (κ3) is 2.98. The van der Waals surface area contributed by atoms with E-state index in [1.807, 2.05) is 4.90 Å². The maximum absolute atomic E-state index is 13.1.